The van der Waals surface area contributed by atoms with Crippen molar-refractivity contribution in [1.29, 1.82) is 0 Å². The van der Waals surface area contributed by atoms with Gasteiger partial charge in [0.15, 0.2) is 6.86 Å². The first-order chi connectivity index (χ1) is 5.39. The Labute approximate surface area is 73.1 Å². The molecule has 0 aliphatic rings. The molecule has 0 fully saturated rings. The van der Waals surface area contributed by atoms with E-state index in [1.807, 2.05) is 13.8 Å². The van der Waals surface area contributed by atoms with Gasteiger partial charge in [0.05, 0.1) is 5.60 Å². The van der Waals surface area contributed by atoms with Crippen molar-refractivity contribution in [1.82, 2.24) is 0 Å². The van der Waals surface area contributed by atoms with Crippen molar-refractivity contribution >= 4 is 5.78 Å². The number of Topliss-reactive ketones (excluding diaryl/α,β-unsaturated/α-hetero) is 1. The normalized spacial score (nSPS) is 12.2. The zero-order chi connectivity index (χ0) is 9.78. The third-order valence-corrected chi connectivity index (χ3v) is 1.69. The van der Waals surface area contributed by atoms with Crippen molar-refractivity contribution < 1.29 is 13.9 Å². The lowest BCUT2D eigenvalue weighted by Crippen LogP contribution is -2.29. The molecule has 0 aliphatic carbocycles. The molecular weight excluding hydrogens is 159 g/mol. The molecule has 0 atom stereocenters. The molecular formula is C9H17FO2. The van der Waals surface area contributed by atoms with E-state index in [1.165, 1.54) is 0 Å². The number of ether oxygens (including phenoxy) is 1. The highest BCUT2D eigenvalue weighted by Gasteiger charge is 2.23. The van der Waals surface area contributed by atoms with Gasteiger partial charge in [0.2, 0.25) is 0 Å². The van der Waals surface area contributed by atoms with Crippen LogP contribution in [-0.4, -0.2) is 18.2 Å². The molecule has 0 saturated carbocycles. The molecule has 2 nitrogen and oxygen atoms in total. The predicted octanol–water partition coefficient (Wildman–Crippen LogP) is 2.32. The molecule has 0 aliphatic heterocycles. The van der Waals surface area contributed by atoms with Gasteiger partial charge in [0.1, 0.15) is 5.78 Å². The molecule has 0 bridgehead atoms. The van der Waals surface area contributed by atoms with E-state index < -0.39 is 12.5 Å². The summed E-state index contributed by atoms with van der Waals surface area (Å²) in [5.41, 5.74) is -0.671. The SMILES string of the molecule is CC(C)C(=O)CC(C)(C)OCF. The number of alkyl halides is 1. The van der Waals surface area contributed by atoms with Gasteiger partial charge in [0, 0.05) is 12.3 Å². The summed E-state index contributed by atoms with van der Waals surface area (Å²) in [5, 5.41) is 0. The smallest absolute Gasteiger partial charge is 0.188 e. The standard InChI is InChI=1S/C9H17FO2/c1-7(2)8(11)5-9(3,4)12-6-10/h7H,5-6H2,1-4H3. The highest BCUT2D eigenvalue weighted by Crippen LogP contribution is 2.17. The number of carbonyl (C=O) groups is 1. The maximum atomic E-state index is 11.8. The number of halogens is 1. The van der Waals surface area contributed by atoms with E-state index in [-0.39, 0.29) is 18.1 Å². The topological polar surface area (TPSA) is 26.3 Å². The summed E-state index contributed by atoms with van der Waals surface area (Å²) in [6.07, 6.45) is 0.272. The molecule has 0 aromatic heterocycles. The number of hydrogen-bond donors (Lipinski definition) is 0. The van der Waals surface area contributed by atoms with E-state index in [1.54, 1.807) is 13.8 Å². The van der Waals surface area contributed by atoms with Crippen LogP contribution >= 0.6 is 0 Å². The van der Waals surface area contributed by atoms with Crippen LogP contribution in [0.15, 0.2) is 0 Å². The zero-order valence-corrected chi connectivity index (χ0v) is 8.19. The van der Waals surface area contributed by atoms with Crippen LogP contribution in [-0.2, 0) is 9.53 Å². The van der Waals surface area contributed by atoms with Crippen molar-refractivity contribution in [2.24, 2.45) is 5.92 Å². The van der Waals surface area contributed by atoms with Gasteiger partial charge in [-0.05, 0) is 13.8 Å². The fourth-order valence-electron chi connectivity index (χ4n) is 0.822. The van der Waals surface area contributed by atoms with Crippen molar-refractivity contribution in [3.8, 4) is 0 Å². The molecule has 0 unspecified atom stereocenters. The van der Waals surface area contributed by atoms with Crippen molar-refractivity contribution in [2.75, 3.05) is 6.86 Å². The Morgan fingerprint density at radius 2 is 2.00 bits per heavy atom. The van der Waals surface area contributed by atoms with Gasteiger partial charge < -0.3 is 4.74 Å². The van der Waals surface area contributed by atoms with Crippen molar-refractivity contribution in [3.63, 3.8) is 0 Å². The van der Waals surface area contributed by atoms with Crippen LogP contribution in [0.3, 0.4) is 0 Å². The molecule has 0 radical (unpaired) electrons. The van der Waals surface area contributed by atoms with Crippen molar-refractivity contribution in [3.05, 3.63) is 0 Å². The minimum absolute atomic E-state index is 0.00696. The molecule has 12 heavy (non-hydrogen) atoms. The summed E-state index contributed by atoms with van der Waals surface area (Å²) < 4.78 is 16.6. The van der Waals surface area contributed by atoms with Gasteiger partial charge in [-0.1, -0.05) is 13.8 Å². The summed E-state index contributed by atoms with van der Waals surface area (Å²) in [4.78, 5) is 11.2. The molecule has 0 spiro atoms. The summed E-state index contributed by atoms with van der Waals surface area (Å²) in [5.74, 6) is 0.0981. The maximum absolute atomic E-state index is 11.8. The van der Waals surface area contributed by atoms with Crippen LogP contribution in [0, 0.1) is 5.92 Å². The first kappa shape index (κ1) is 11.6. The molecule has 3 heteroatoms. The van der Waals surface area contributed by atoms with Crippen LogP contribution < -0.4 is 0 Å². The van der Waals surface area contributed by atoms with Crippen LogP contribution in [0.2, 0.25) is 0 Å². The zero-order valence-electron chi connectivity index (χ0n) is 8.19. The average Bonchev–Trinajstić information content (AvgIpc) is 1.85. The first-order valence-corrected chi connectivity index (χ1v) is 4.11. The van der Waals surface area contributed by atoms with Crippen LogP contribution in [0.5, 0.6) is 0 Å². The largest absolute Gasteiger partial charge is 0.344 e. The summed E-state index contributed by atoms with van der Waals surface area (Å²) in [6.45, 7) is 6.25. The van der Waals surface area contributed by atoms with Gasteiger partial charge in [-0.15, -0.1) is 0 Å². The monoisotopic (exact) mass is 176 g/mol. The van der Waals surface area contributed by atoms with E-state index in [0.29, 0.717) is 0 Å². The summed E-state index contributed by atoms with van der Waals surface area (Å²) >= 11 is 0. The van der Waals surface area contributed by atoms with E-state index in [9.17, 15) is 9.18 Å². The molecule has 0 rings (SSSR count). The first-order valence-electron chi connectivity index (χ1n) is 4.11. The minimum atomic E-state index is -0.835. The third-order valence-electron chi connectivity index (χ3n) is 1.69. The molecule has 0 saturated heterocycles. The Hall–Kier alpha value is -0.440. The predicted molar refractivity (Wildman–Crippen MR) is 45.6 cm³/mol. The van der Waals surface area contributed by atoms with Crippen LogP contribution in [0.4, 0.5) is 4.39 Å². The Balaban J connectivity index is 3.96. The minimum Gasteiger partial charge on any atom is -0.344 e. The second kappa shape index (κ2) is 4.55. The highest BCUT2D eigenvalue weighted by molar-refractivity contribution is 5.81. The maximum Gasteiger partial charge on any atom is 0.188 e. The molecule has 0 heterocycles. The third kappa shape index (κ3) is 4.44. The van der Waals surface area contributed by atoms with Gasteiger partial charge in [-0.25, -0.2) is 4.39 Å². The van der Waals surface area contributed by atoms with Crippen LogP contribution in [0.25, 0.3) is 0 Å². The Morgan fingerprint density at radius 1 is 1.50 bits per heavy atom. The second-order valence-electron chi connectivity index (χ2n) is 3.81. The van der Waals surface area contributed by atoms with Gasteiger partial charge in [0.25, 0.3) is 0 Å². The number of rotatable bonds is 5. The summed E-state index contributed by atoms with van der Waals surface area (Å²) in [6, 6.07) is 0. The molecule has 0 amide bonds. The van der Waals surface area contributed by atoms with E-state index >= 15 is 0 Å². The van der Waals surface area contributed by atoms with Gasteiger partial charge in [-0.2, -0.15) is 0 Å². The second-order valence-corrected chi connectivity index (χ2v) is 3.81. The Bertz CT molecular complexity index is 153. The van der Waals surface area contributed by atoms with Gasteiger partial charge >= 0.3 is 0 Å². The average molecular weight is 176 g/mol. The fraction of sp³-hybridized carbons (Fsp3) is 0.889. The lowest BCUT2D eigenvalue weighted by molar-refractivity contribution is -0.131. The van der Waals surface area contributed by atoms with Crippen LogP contribution in [0.1, 0.15) is 34.1 Å². The molecule has 72 valence electrons. The quantitative estimate of drug-likeness (QED) is 0.642. The Morgan fingerprint density at radius 3 is 2.33 bits per heavy atom. The van der Waals surface area contributed by atoms with E-state index in [0.717, 1.165) is 0 Å². The molecule has 0 aromatic carbocycles. The molecule has 0 aromatic rings. The lowest BCUT2D eigenvalue weighted by Gasteiger charge is -2.23. The number of carbonyl (C=O) groups excluding carboxylic acids is 1. The fourth-order valence-corrected chi connectivity index (χ4v) is 0.822. The Kier molecular flexibility index (Phi) is 4.39. The lowest BCUT2D eigenvalue weighted by atomic mass is 9.96. The van der Waals surface area contributed by atoms with E-state index in [2.05, 4.69) is 0 Å². The van der Waals surface area contributed by atoms with Crippen molar-refractivity contribution in [2.45, 2.75) is 39.7 Å². The van der Waals surface area contributed by atoms with Gasteiger partial charge in [-0.3, -0.25) is 4.79 Å². The highest BCUT2D eigenvalue weighted by atomic mass is 19.1. The van der Waals surface area contributed by atoms with E-state index in [4.69, 9.17) is 4.74 Å². The summed E-state index contributed by atoms with van der Waals surface area (Å²) in [7, 11) is 0. The number of hydrogen-bond acceptors (Lipinski definition) is 2. The number of ketones is 1. The molecule has 0 N–H and O–H groups in total.